The fourth-order valence-corrected chi connectivity index (χ4v) is 2.30. The lowest BCUT2D eigenvalue weighted by atomic mass is 9.98. The molecule has 0 fully saturated rings. The van der Waals surface area contributed by atoms with E-state index in [-0.39, 0.29) is 11.5 Å². The van der Waals surface area contributed by atoms with Gasteiger partial charge in [-0.25, -0.2) is 0 Å². The summed E-state index contributed by atoms with van der Waals surface area (Å²) < 4.78 is 5.25. The van der Waals surface area contributed by atoms with Crippen molar-refractivity contribution in [2.45, 2.75) is 26.7 Å². The van der Waals surface area contributed by atoms with Gasteiger partial charge in [0.1, 0.15) is 5.75 Å². The summed E-state index contributed by atoms with van der Waals surface area (Å²) in [5.41, 5.74) is 1.70. The van der Waals surface area contributed by atoms with Crippen LogP contribution in [0.2, 0.25) is 0 Å². The number of ether oxygens (including phenoxy) is 1. The van der Waals surface area contributed by atoms with Crippen molar-refractivity contribution in [3.8, 4) is 17.2 Å². The molecule has 0 aliphatic rings. The number of methoxy groups -OCH3 is 1. The Morgan fingerprint density at radius 2 is 1.83 bits per heavy atom. The van der Waals surface area contributed by atoms with Gasteiger partial charge in [0.05, 0.1) is 7.11 Å². The summed E-state index contributed by atoms with van der Waals surface area (Å²) >= 11 is 0. The molecule has 0 aliphatic carbocycles. The normalized spacial score (nSPS) is 10.8. The second-order valence-electron chi connectivity index (χ2n) is 4.51. The number of aryl methyl sites for hydroxylation is 1. The number of aromatic hydroxyl groups is 2. The molecule has 0 bridgehead atoms. The van der Waals surface area contributed by atoms with Crippen LogP contribution < -0.4 is 4.74 Å². The van der Waals surface area contributed by atoms with E-state index in [9.17, 15) is 10.2 Å². The topological polar surface area (TPSA) is 49.7 Å². The number of hydrogen-bond donors (Lipinski definition) is 2. The van der Waals surface area contributed by atoms with Crippen molar-refractivity contribution < 1.29 is 14.9 Å². The number of phenolic OH excluding ortho intramolecular Hbond substituents is 2. The largest absolute Gasteiger partial charge is 0.507 e. The summed E-state index contributed by atoms with van der Waals surface area (Å²) in [7, 11) is 1.51. The highest BCUT2D eigenvalue weighted by molar-refractivity contribution is 5.97. The summed E-state index contributed by atoms with van der Waals surface area (Å²) in [5, 5.41) is 21.9. The predicted octanol–water partition coefficient (Wildman–Crippen LogP) is 3.52. The third-order valence-corrected chi connectivity index (χ3v) is 3.16. The van der Waals surface area contributed by atoms with Crippen LogP contribution in [0.25, 0.3) is 10.8 Å². The molecule has 0 aromatic heterocycles. The summed E-state index contributed by atoms with van der Waals surface area (Å²) in [6, 6.07) is 5.60. The number of rotatable bonds is 3. The summed E-state index contributed by atoms with van der Waals surface area (Å²) in [4.78, 5) is 0. The fourth-order valence-electron chi connectivity index (χ4n) is 2.30. The van der Waals surface area contributed by atoms with Crippen molar-refractivity contribution in [2.75, 3.05) is 7.11 Å². The van der Waals surface area contributed by atoms with Gasteiger partial charge in [-0.2, -0.15) is 0 Å². The van der Waals surface area contributed by atoms with Crippen LogP contribution in [0, 0.1) is 6.92 Å². The van der Waals surface area contributed by atoms with Crippen molar-refractivity contribution in [1.82, 2.24) is 0 Å². The highest BCUT2D eigenvalue weighted by Crippen LogP contribution is 2.45. The molecule has 96 valence electrons. The summed E-state index contributed by atoms with van der Waals surface area (Å²) in [6.07, 6.45) is 1.55. The van der Waals surface area contributed by atoms with E-state index in [4.69, 9.17) is 4.74 Å². The van der Waals surface area contributed by atoms with Crippen LogP contribution in [-0.4, -0.2) is 17.3 Å². The number of fused-ring (bicyclic) bond motifs is 1. The van der Waals surface area contributed by atoms with E-state index in [1.54, 1.807) is 0 Å². The minimum Gasteiger partial charge on any atom is -0.507 e. The van der Waals surface area contributed by atoms with E-state index in [1.807, 2.05) is 32.0 Å². The Kier molecular flexibility index (Phi) is 3.32. The molecule has 2 N–H and O–H groups in total. The zero-order valence-corrected chi connectivity index (χ0v) is 10.9. The van der Waals surface area contributed by atoms with E-state index in [1.165, 1.54) is 7.11 Å². The number of phenols is 2. The number of benzene rings is 2. The van der Waals surface area contributed by atoms with Crippen LogP contribution in [0.4, 0.5) is 0 Å². The van der Waals surface area contributed by atoms with Gasteiger partial charge in [-0.15, -0.1) is 0 Å². The summed E-state index contributed by atoms with van der Waals surface area (Å²) in [5.74, 6) is 0.700. The Balaban J connectivity index is 2.85. The predicted molar refractivity (Wildman–Crippen MR) is 72.6 cm³/mol. The van der Waals surface area contributed by atoms with Crippen LogP contribution >= 0.6 is 0 Å². The molecule has 3 heteroatoms. The Labute approximate surface area is 107 Å². The molecule has 0 amide bonds. The zero-order chi connectivity index (χ0) is 13.3. The second-order valence-corrected chi connectivity index (χ2v) is 4.51. The van der Waals surface area contributed by atoms with Gasteiger partial charge in [0.25, 0.3) is 0 Å². The van der Waals surface area contributed by atoms with Crippen molar-refractivity contribution >= 4 is 10.8 Å². The van der Waals surface area contributed by atoms with E-state index in [2.05, 4.69) is 0 Å². The van der Waals surface area contributed by atoms with Gasteiger partial charge in [0.15, 0.2) is 11.5 Å². The molecule has 3 nitrogen and oxygen atoms in total. The van der Waals surface area contributed by atoms with Crippen molar-refractivity contribution in [3.63, 3.8) is 0 Å². The Morgan fingerprint density at radius 3 is 2.44 bits per heavy atom. The van der Waals surface area contributed by atoms with Gasteiger partial charge in [-0.3, -0.25) is 0 Å². The van der Waals surface area contributed by atoms with Crippen LogP contribution in [0.15, 0.2) is 18.2 Å². The minimum atomic E-state index is 0.109. The third-order valence-electron chi connectivity index (χ3n) is 3.16. The zero-order valence-electron chi connectivity index (χ0n) is 10.9. The molecule has 0 heterocycles. The molecule has 0 saturated carbocycles. The second kappa shape index (κ2) is 4.77. The molecule has 2 aromatic carbocycles. The van der Waals surface area contributed by atoms with E-state index < -0.39 is 0 Å². The van der Waals surface area contributed by atoms with Gasteiger partial charge < -0.3 is 14.9 Å². The Hall–Kier alpha value is -1.90. The maximum Gasteiger partial charge on any atom is 0.168 e. The molecule has 2 aromatic rings. The Bertz CT molecular complexity index is 588. The van der Waals surface area contributed by atoms with Crippen molar-refractivity contribution in [3.05, 3.63) is 29.3 Å². The van der Waals surface area contributed by atoms with Crippen molar-refractivity contribution in [1.29, 1.82) is 0 Å². The molecular formula is C15H18O3. The first-order valence-electron chi connectivity index (χ1n) is 6.11. The van der Waals surface area contributed by atoms with E-state index in [0.717, 1.165) is 12.0 Å². The highest BCUT2D eigenvalue weighted by Gasteiger charge is 2.18. The highest BCUT2D eigenvalue weighted by atomic mass is 16.5. The average Bonchev–Trinajstić information content (AvgIpc) is 2.36. The molecule has 0 saturated heterocycles. The van der Waals surface area contributed by atoms with Gasteiger partial charge >= 0.3 is 0 Å². The first-order valence-corrected chi connectivity index (χ1v) is 6.11. The molecule has 0 unspecified atom stereocenters. The molecule has 0 spiro atoms. The van der Waals surface area contributed by atoms with Crippen LogP contribution in [0.3, 0.4) is 0 Å². The standard InChI is InChI=1S/C15H18O3/c1-4-5-11-13(16)10-7-6-9(2)8-12(10)14(17)15(11)18-3/h6-8,16-17H,4-5H2,1-3H3. The van der Waals surface area contributed by atoms with Crippen LogP contribution in [0.1, 0.15) is 24.5 Å². The molecule has 2 rings (SSSR count). The maximum absolute atomic E-state index is 10.3. The molecule has 18 heavy (non-hydrogen) atoms. The first kappa shape index (κ1) is 12.6. The average molecular weight is 246 g/mol. The smallest absolute Gasteiger partial charge is 0.168 e. The van der Waals surface area contributed by atoms with Gasteiger partial charge in [0, 0.05) is 16.3 Å². The lowest BCUT2D eigenvalue weighted by molar-refractivity contribution is 0.366. The minimum absolute atomic E-state index is 0.109. The maximum atomic E-state index is 10.3. The SMILES string of the molecule is CCCc1c(OC)c(O)c2cc(C)ccc2c1O. The van der Waals surface area contributed by atoms with Crippen LogP contribution in [0.5, 0.6) is 17.2 Å². The first-order chi connectivity index (χ1) is 8.60. The lowest BCUT2D eigenvalue weighted by Gasteiger charge is -2.15. The fraction of sp³-hybridized carbons (Fsp3) is 0.333. The van der Waals surface area contributed by atoms with Gasteiger partial charge in [0.2, 0.25) is 0 Å². The summed E-state index contributed by atoms with van der Waals surface area (Å²) in [6.45, 7) is 3.97. The Morgan fingerprint density at radius 1 is 1.11 bits per heavy atom. The van der Waals surface area contributed by atoms with Gasteiger partial charge in [-0.1, -0.05) is 31.0 Å². The van der Waals surface area contributed by atoms with Crippen LogP contribution in [-0.2, 0) is 6.42 Å². The molecule has 0 radical (unpaired) electrons. The molecular weight excluding hydrogens is 228 g/mol. The van der Waals surface area contributed by atoms with Crippen molar-refractivity contribution in [2.24, 2.45) is 0 Å². The monoisotopic (exact) mass is 246 g/mol. The van der Waals surface area contributed by atoms with E-state index in [0.29, 0.717) is 28.5 Å². The third kappa shape index (κ3) is 1.86. The molecule has 0 atom stereocenters. The number of hydrogen-bond acceptors (Lipinski definition) is 3. The molecule has 0 aliphatic heterocycles. The van der Waals surface area contributed by atoms with E-state index >= 15 is 0 Å². The quantitative estimate of drug-likeness (QED) is 0.815. The lowest BCUT2D eigenvalue weighted by Crippen LogP contribution is -1.95. The van der Waals surface area contributed by atoms with Gasteiger partial charge in [-0.05, 0) is 19.4 Å².